The number of thioether (sulfide) groups is 1. The van der Waals surface area contributed by atoms with E-state index in [9.17, 15) is 14.0 Å². The lowest BCUT2D eigenvalue weighted by Gasteiger charge is -2.12. The molecule has 15 heavy (non-hydrogen) atoms. The molecule has 1 N–H and O–H groups in total. The molecule has 0 aliphatic rings. The SMILES string of the molecule is CSCC(C)n1c(=O)[nH]c(Cl)c(F)c1=O. The van der Waals surface area contributed by atoms with E-state index in [2.05, 4.69) is 4.98 Å². The van der Waals surface area contributed by atoms with E-state index < -0.39 is 22.2 Å². The Balaban J connectivity index is 3.37. The van der Waals surface area contributed by atoms with Gasteiger partial charge in [-0.05, 0) is 13.2 Å². The highest BCUT2D eigenvalue weighted by atomic mass is 35.5. The first-order chi connectivity index (χ1) is 6.99. The van der Waals surface area contributed by atoms with Crippen LogP contribution >= 0.6 is 23.4 Å². The van der Waals surface area contributed by atoms with Crippen molar-refractivity contribution in [1.29, 1.82) is 0 Å². The largest absolute Gasteiger partial charge is 0.329 e. The second kappa shape index (κ2) is 4.85. The zero-order valence-corrected chi connectivity index (χ0v) is 9.78. The average Bonchev–Trinajstić information content (AvgIpc) is 2.15. The fourth-order valence-corrected chi connectivity index (χ4v) is 2.01. The molecule has 0 fully saturated rings. The van der Waals surface area contributed by atoms with Crippen LogP contribution in [0.2, 0.25) is 5.15 Å². The minimum Gasteiger partial charge on any atom is -0.295 e. The third-order valence-corrected chi connectivity index (χ3v) is 2.96. The topological polar surface area (TPSA) is 54.9 Å². The smallest absolute Gasteiger partial charge is 0.295 e. The van der Waals surface area contributed by atoms with E-state index >= 15 is 0 Å². The average molecular weight is 253 g/mol. The summed E-state index contributed by atoms with van der Waals surface area (Å²) in [6.45, 7) is 1.67. The van der Waals surface area contributed by atoms with Crippen LogP contribution < -0.4 is 11.2 Å². The summed E-state index contributed by atoms with van der Waals surface area (Å²) in [6, 6.07) is -0.372. The molecule has 0 saturated heterocycles. The molecule has 0 radical (unpaired) electrons. The summed E-state index contributed by atoms with van der Waals surface area (Å²) in [5, 5.41) is -0.544. The number of hydrogen-bond acceptors (Lipinski definition) is 3. The lowest BCUT2D eigenvalue weighted by Crippen LogP contribution is -2.39. The van der Waals surface area contributed by atoms with E-state index in [4.69, 9.17) is 11.6 Å². The van der Waals surface area contributed by atoms with Crippen molar-refractivity contribution in [3.05, 3.63) is 31.8 Å². The highest BCUT2D eigenvalue weighted by Gasteiger charge is 2.16. The highest BCUT2D eigenvalue weighted by Crippen LogP contribution is 2.09. The third kappa shape index (κ3) is 2.43. The molecule has 1 heterocycles. The predicted molar refractivity (Wildman–Crippen MR) is 59.4 cm³/mol. The molecular weight excluding hydrogens is 243 g/mol. The Bertz CT molecular complexity index is 471. The maximum atomic E-state index is 13.1. The molecule has 0 saturated carbocycles. The first-order valence-corrected chi connectivity index (χ1v) is 5.95. The van der Waals surface area contributed by atoms with Crippen LogP contribution in [-0.4, -0.2) is 21.6 Å². The second-order valence-corrected chi connectivity index (χ2v) is 4.33. The summed E-state index contributed by atoms with van der Waals surface area (Å²) >= 11 is 6.79. The van der Waals surface area contributed by atoms with Crippen molar-refractivity contribution in [3.8, 4) is 0 Å². The van der Waals surface area contributed by atoms with Gasteiger partial charge in [0.25, 0.3) is 5.56 Å². The van der Waals surface area contributed by atoms with Gasteiger partial charge in [0.1, 0.15) is 0 Å². The normalized spacial score (nSPS) is 12.8. The maximum absolute atomic E-state index is 13.1. The van der Waals surface area contributed by atoms with Gasteiger partial charge in [-0.2, -0.15) is 16.2 Å². The number of aromatic amines is 1. The molecule has 1 atom stereocenters. The van der Waals surface area contributed by atoms with Crippen LogP contribution in [0.25, 0.3) is 0 Å². The van der Waals surface area contributed by atoms with Gasteiger partial charge in [-0.1, -0.05) is 11.6 Å². The minimum absolute atomic E-state index is 0.372. The van der Waals surface area contributed by atoms with Crippen LogP contribution in [0, 0.1) is 5.82 Å². The van der Waals surface area contributed by atoms with Crippen LogP contribution in [0.15, 0.2) is 9.59 Å². The summed E-state index contributed by atoms with van der Waals surface area (Å²) in [4.78, 5) is 24.9. The molecule has 0 bridgehead atoms. The summed E-state index contributed by atoms with van der Waals surface area (Å²) < 4.78 is 14.0. The number of hydrogen-bond donors (Lipinski definition) is 1. The van der Waals surface area contributed by atoms with Crippen LogP contribution in [-0.2, 0) is 0 Å². The van der Waals surface area contributed by atoms with Crippen molar-refractivity contribution in [3.63, 3.8) is 0 Å². The third-order valence-electron chi connectivity index (χ3n) is 1.88. The molecule has 4 nitrogen and oxygen atoms in total. The van der Waals surface area contributed by atoms with E-state index in [1.54, 1.807) is 6.92 Å². The van der Waals surface area contributed by atoms with Crippen molar-refractivity contribution in [2.24, 2.45) is 0 Å². The molecule has 84 valence electrons. The highest BCUT2D eigenvalue weighted by molar-refractivity contribution is 7.98. The first-order valence-electron chi connectivity index (χ1n) is 4.17. The van der Waals surface area contributed by atoms with Crippen LogP contribution in [0.3, 0.4) is 0 Å². The molecule has 1 rings (SSSR count). The number of nitrogens with one attached hydrogen (secondary N) is 1. The molecule has 1 aromatic rings. The Morgan fingerprint density at radius 1 is 1.60 bits per heavy atom. The molecule has 0 aliphatic carbocycles. The summed E-state index contributed by atoms with van der Waals surface area (Å²) in [7, 11) is 0. The fraction of sp³-hybridized carbons (Fsp3) is 0.500. The molecular formula is C8H10ClFN2O2S. The van der Waals surface area contributed by atoms with Gasteiger partial charge < -0.3 is 0 Å². The summed E-state index contributed by atoms with van der Waals surface area (Å²) in [5.74, 6) is -0.575. The zero-order valence-electron chi connectivity index (χ0n) is 8.21. The molecule has 1 aromatic heterocycles. The fourth-order valence-electron chi connectivity index (χ4n) is 1.22. The number of H-pyrrole nitrogens is 1. The number of halogens is 2. The van der Waals surface area contributed by atoms with Crippen LogP contribution in [0.1, 0.15) is 13.0 Å². The Morgan fingerprint density at radius 3 is 2.73 bits per heavy atom. The van der Waals surface area contributed by atoms with Gasteiger partial charge in [-0.25, -0.2) is 4.79 Å². The summed E-state index contributed by atoms with van der Waals surface area (Å²) in [5.41, 5.74) is -1.67. The van der Waals surface area contributed by atoms with E-state index in [0.29, 0.717) is 5.75 Å². The first kappa shape index (κ1) is 12.3. The van der Waals surface area contributed by atoms with Crippen molar-refractivity contribution in [1.82, 2.24) is 9.55 Å². The quantitative estimate of drug-likeness (QED) is 0.824. The van der Waals surface area contributed by atoms with Crippen LogP contribution in [0.4, 0.5) is 4.39 Å². The van der Waals surface area contributed by atoms with E-state index in [0.717, 1.165) is 4.57 Å². The molecule has 0 aromatic carbocycles. The Morgan fingerprint density at radius 2 is 2.20 bits per heavy atom. The molecule has 0 aliphatic heterocycles. The van der Waals surface area contributed by atoms with Crippen molar-refractivity contribution in [2.45, 2.75) is 13.0 Å². The van der Waals surface area contributed by atoms with E-state index in [1.807, 2.05) is 6.26 Å². The van der Waals surface area contributed by atoms with Gasteiger partial charge in [-0.15, -0.1) is 0 Å². The van der Waals surface area contributed by atoms with Gasteiger partial charge in [0.2, 0.25) is 5.82 Å². The number of rotatable bonds is 3. The maximum Gasteiger partial charge on any atom is 0.329 e. The Labute approximate surface area is 94.5 Å². The Hall–Kier alpha value is -0.750. The lowest BCUT2D eigenvalue weighted by atomic mass is 10.4. The standard InChI is InChI=1S/C8H10ClFN2O2S/c1-4(3-15-2)12-7(13)5(10)6(9)11-8(12)14/h4H,3H2,1-2H3,(H,11,14). The van der Waals surface area contributed by atoms with Gasteiger partial charge in [0, 0.05) is 11.8 Å². The summed E-state index contributed by atoms with van der Waals surface area (Å²) in [6.07, 6.45) is 1.84. The number of nitrogens with zero attached hydrogens (tertiary/aromatic N) is 1. The van der Waals surface area contributed by atoms with E-state index in [-0.39, 0.29) is 6.04 Å². The molecule has 0 amide bonds. The minimum atomic E-state index is -1.12. The van der Waals surface area contributed by atoms with Gasteiger partial charge >= 0.3 is 5.69 Å². The zero-order chi connectivity index (χ0) is 11.6. The van der Waals surface area contributed by atoms with Crippen molar-refractivity contribution >= 4 is 23.4 Å². The number of aromatic nitrogens is 2. The van der Waals surface area contributed by atoms with Crippen molar-refractivity contribution in [2.75, 3.05) is 12.0 Å². The molecule has 0 spiro atoms. The van der Waals surface area contributed by atoms with E-state index in [1.165, 1.54) is 11.8 Å². The van der Waals surface area contributed by atoms with Gasteiger partial charge in [0.05, 0.1) is 0 Å². The monoisotopic (exact) mass is 252 g/mol. The van der Waals surface area contributed by atoms with Crippen molar-refractivity contribution < 1.29 is 4.39 Å². The predicted octanol–water partition coefficient (Wildman–Crippen LogP) is 1.25. The Kier molecular flexibility index (Phi) is 3.98. The van der Waals surface area contributed by atoms with Gasteiger partial charge in [-0.3, -0.25) is 14.3 Å². The molecule has 1 unspecified atom stereocenters. The second-order valence-electron chi connectivity index (χ2n) is 3.04. The molecule has 7 heteroatoms. The van der Waals surface area contributed by atoms with Crippen LogP contribution in [0.5, 0.6) is 0 Å². The lowest BCUT2D eigenvalue weighted by molar-refractivity contribution is 0.502. The van der Waals surface area contributed by atoms with Gasteiger partial charge in [0.15, 0.2) is 5.15 Å².